The summed E-state index contributed by atoms with van der Waals surface area (Å²) >= 11 is 0. The number of rotatable bonds is 5. The second-order valence-electron chi connectivity index (χ2n) is 3.92. The first-order valence-electron chi connectivity index (χ1n) is 5.73. The van der Waals surface area contributed by atoms with Crippen LogP contribution in [0.15, 0.2) is 18.2 Å². The molecular formula is C13H15NO3. The van der Waals surface area contributed by atoms with E-state index >= 15 is 0 Å². The van der Waals surface area contributed by atoms with Crippen LogP contribution >= 0.6 is 0 Å². The van der Waals surface area contributed by atoms with Gasteiger partial charge in [-0.05, 0) is 29.7 Å². The van der Waals surface area contributed by atoms with Gasteiger partial charge in [0.1, 0.15) is 5.75 Å². The Balaban J connectivity index is 2.07. The molecule has 0 spiro atoms. The molecule has 90 valence electrons. The standard InChI is InChI=1S/C13H15NO3/c14-9-13(16-6-1-5-15)10-2-3-12-11(8-10)4-7-17-12/h2-3,8,13,15H,1,4-7H2. The number of nitriles is 1. The van der Waals surface area contributed by atoms with Gasteiger partial charge < -0.3 is 14.6 Å². The molecule has 0 fully saturated rings. The zero-order valence-electron chi connectivity index (χ0n) is 9.56. The molecule has 0 aromatic heterocycles. The van der Waals surface area contributed by atoms with Crippen molar-refractivity contribution < 1.29 is 14.6 Å². The van der Waals surface area contributed by atoms with Gasteiger partial charge in [0.05, 0.1) is 19.3 Å². The first-order chi connectivity index (χ1) is 8.35. The van der Waals surface area contributed by atoms with Crippen molar-refractivity contribution in [1.29, 1.82) is 5.26 Å². The average molecular weight is 233 g/mol. The fourth-order valence-electron chi connectivity index (χ4n) is 1.84. The number of hydrogen-bond acceptors (Lipinski definition) is 4. The summed E-state index contributed by atoms with van der Waals surface area (Å²) in [5.41, 5.74) is 1.99. The third kappa shape index (κ3) is 2.76. The molecule has 1 unspecified atom stereocenters. The van der Waals surface area contributed by atoms with Gasteiger partial charge in [-0.2, -0.15) is 5.26 Å². The molecule has 1 atom stereocenters. The summed E-state index contributed by atoms with van der Waals surface area (Å²) in [6, 6.07) is 7.84. The summed E-state index contributed by atoms with van der Waals surface area (Å²) in [4.78, 5) is 0. The van der Waals surface area contributed by atoms with Gasteiger partial charge >= 0.3 is 0 Å². The van der Waals surface area contributed by atoms with E-state index < -0.39 is 6.10 Å². The molecule has 1 N–H and O–H groups in total. The van der Waals surface area contributed by atoms with Crippen LogP contribution in [0.1, 0.15) is 23.7 Å². The van der Waals surface area contributed by atoms with Gasteiger partial charge in [-0.1, -0.05) is 6.07 Å². The Morgan fingerprint density at radius 2 is 2.41 bits per heavy atom. The zero-order chi connectivity index (χ0) is 12.1. The Morgan fingerprint density at radius 3 is 3.18 bits per heavy atom. The minimum absolute atomic E-state index is 0.0795. The molecule has 1 heterocycles. The van der Waals surface area contributed by atoms with Crippen molar-refractivity contribution in [2.24, 2.45) is 0 Å². The molecule has 0 aliphatic carbocycles. The van der Waals surface area contributed by atoms with Crippen LogP contribution in [0.3, 0.4) is 0 Å². The highest BCUT2D eigenvalue weighted by Gasteiger charge is 2.16. The Labute approximate surface area is 100 Å². The van der Waals surface area contributed by atoms with Crippen molar-refractivity contribution in [1.82, 2.24) is 0 Å². The molecule has 1 aliphatic heterocycles. The molecule has 1 aromatic carbocycles. The molecule has 17 heavy (non-hydrogen) atoms. The highest BCUT2D eigenvalue weighted by molar-refractivity contribution is 5.41. The van der Waals surface area contributed by atoms with Crippen LogP contribution in [-0.2, 0) is 11.2 Å². The lowest BCUT2D eigenvalue weighted by Crippen LogP contribution is -2.05. The topological polar surface area (TPSA) is 62.5 Å². The second-order valence-corrected chi connectivity index (χ2v) is 3.92. The molecule has 2 rings (SSSR count). The maximum Gasteiger partial charge on any atom is 0.169 e. The zero-order valence-corrected chi connectivity index (χ0v) is 9.56. The van der Waals surface area contributed by atoms with E-state index in [1.807, 2.05) is 18.2 Å². The molecule has 4 heteroatoms. The number of hydrogen-bond donors (Lipinski definition) is 1. The van der Waals surface area contributed by atoms with E-state index in [1.54, 1.807) is 0 Å². The summed E-state index contributed by atoms with van der Waals surface area (Å²) in [6.45, 7) is 1.18. The number of nitrogens with zero attached hydrogens (tertiary/aromatic N) is 1. The number of ether oxygens (including phenoxy) is 2. The Morgan fingerprint density at radius 1 is 1.53 bits per heavy atom. The number of benzene rings is 1. The van der Waals surface area contributed by atoms with Gasteiger partial charge in [-0.25, -0.2) is 0 Å². The quantitative estimate of drug-likeness (QED) is 0.784. The fraction of sp³-hybridized carbons (Fsp3) is 0.462. The van der Waals surface area contributed by atoms with Gasteiger partial charge in [-0.15, -0.1) is 0 Å². The molecule has 1 aliphatic rings. The largest absolute Gasteiger partial charge is 0.493 e. The van der Waals surface area contributed by atoms with Crippen LogP contribution in [0.25, 0.3) is 0 Å². The van der Waals surface area contributed by atoms with Gasteiger partial charge in [-0.3, -0.25) is 0 Å². The maximum absolute atomic E-state index is 9.06. The molecule has 0 amide bonds. The van der Waals surface area contributed by atoms with Crippen LogP contribution in [0, 0.1) is 11.3 Å². The first kappa shape index (κ1) is 11.9. The molecular weight excluding hydrogens is 218 g/mol. The van der Waals surface area contributed by atoms with E-state index in [-0.39, 0.29) is 6.61 Å². The summed E-state index contributed by atoms with van der Waals surface area (Å²) < 4.78 is 10.8. The van der Waals surface area contributed by atoms with Crippen LogP contribution in [0.5, 0.6) is 5.75 Å². The second kappa shape index (κ2) is 5.67. The Hall–Kier alpha value is -1.57. The SMILES string of the molecule is N#CC(OCCCO)c1ccc2c(c1)CCO2. The van der Waals surface area contributed by atoms with E-state index in [0.29, 0.717) is 19.6 Å². The molecule has 4 nitrogen and oxygen atoms in total. The monoisotopic (exact) mass is 233 g/mol. The lowest BCUT2D eigenvalue weighted by Gasteiger charge is -2.11. The summed E-state index contributed by atoms with van der Waals surface area (Å²) in [5, 5.41) is 17.7. The number of aliphatic hydroxyl groups excluding tert-OH is 1. The lowest BCUT2D eigenvalue weighted by atomic mass is 10.1. The third-order valence-electron chi connectivity index (χ3n) is 2.72. The van der Waals surface area contributed by atoms with Crippen LogP contribution in [0.2, 0.25) is 0 Å². The number of aliphatic hydroxyl groups is 1. The molecule has 1 aromatic rings. The van der Waals surface area contributed by atoms with E-state index in [9.17, 15) is 0 Å². The number of fused-ring (bicyclic) bond motifs is 1. The van der Waals surface area contributed by atoms with Gasteiger partial charge in [0.2, 0.25) is 0 Å². The van der Waals surface area contributed by atoms with E-state index in [4.69, 9.17) is 19.8 Å². The normalized spacial score (nSPS) is 14.8. The average Bonchev–Trinajstić information content (AvgIpc) is 2.82. The molecule has 0 bridgehead atoms. The van der Waals surface area contributed by atoms with Crippen molar-refractivity contribution in [3.63, 3.8) is 0 Å². The Kier molecular flexibility index (Phi) is 3.97. The third-order valence-corrected chi connectivity index (χ3v) is 2.72. The molecule has 0 saturated carbocycles. The fourth-order valence-corrected chi connectivity index (χ4v) is 1.84. The summed E-state index contributed by atoms with van der Waals surface area (Å²) in [5.74, 6) is 0.904. The van der Waals surface area contributed by atoms with Crippen molar-refractivity contribution in [2.45, 2.75) is 18.9 Å². The summed E-state index contributed by atoms with van der Waals surface area (Å²) in [7, 11) is 0. The van der Waals surface area contributed by atoms with E-state index in [2.05, 4.69) is 6.07 Å². The van der Waals surface area contributed by atoms with Crippen LogP contribution in [-0.4, -0.2) is 24.9 Å². The Bertz CT molecular complexity index is 425. The minimum Gasteiger partial charge on any atom is -0.493 e. The maximum atomic E-state index is 9.06. The van der Waals surface area contributed by atoms with Gasteiger partial charge in [0, 0.05) is 13.0 Å². The summed E-state index contributed by atoms with van der Waals surface area (Å²) in [6.07, 6.45) is 0.872. The highest BCUT2D eigenvalue weighted by atomic mass is 16.5. The highest BCUT2D eigenvalue weighted by Crippen LogP contribution is 2.29. The molecule has 0 radical (unpaired) electrons. The van der Waals surface area contributed by atoms with Crippen molar-refractivity contribution in [2.75, 3.05) is 19.8 Å². The van der Waals surface area contributed by atoms with Gasteiger partial charge in [0.15, 0.2) is 6.10 Å². The van der Waals surface area contributed by atoms with Gasteiger partial charge in [0.25, 0.3) is 0 Å². The van der Waals surface area contributed by atoms with Crippen LogP contribution < -0.4 is 4.74 Å². The van der Waals surface area contributed by atoms with Crippen molar-refractivity contribution in [3.05, 3.63) is 29.3 Å². The first-order valence-corrected chi connectivity index (χ1v) is 5.73. The predicted octanol–water partition coefficient (Wildman–Crippen LogP) is 1.59. The van der Waals surface area contributed by atoms with Crippen molar-refractivity contribution in [3.8, 4) is 11.8 Å². The van der Waals surface area contributed by atoms with E-state index in [1.165, 1.54) is 0 Å². The predicted molar refractivity (Wildman–Crippen MR) is 61.6 cm³/mol. The van der Waals surface area contributed by atoms with Crippen LogP contribution in [0.4, 0.5) is 0 Å². The smallest absolute Gasteiger partial charge is 0.169 e. The van der Waals surface area contributed by atoms with Crippen molar-refractivity contribution >= 4 is 0 Å². The molecule has 0 saturated heterocycles. The lowest BCUT2D eigenvalue weighted by molar-refractivity contribution is 0.0773. The van der Waals surface area contributed by atoms with E-state index in [0.717, 1.165) is 23.3 Å². The minimum atomic E-state index is -0.563.